The minimum Gasteiger partial charge on any atom is -0.328 e. The Kier molecular flexibility index (Phi) is 3.85. The number of nitrogens with two attached hydrogens (primary N) is 1. The van der Waals surface area contributed by atoms with E-state index in [-0.39, 0.29) is 17.9 Å². The number of likely N-dealkylation sites (N-methyl/N-ethyl adjacent to an activating group) is 1. The average Bonchev–Trinajstić information content (AvgIpc) is 2.62. The molecule has 0 aromatic heterocycles. The van der Waals surface area contributed by atoms with Gasteiger partial charge in [0, 0.05) is 30.9 Å². The molecule has 102 valence electrons. The number of benzene rings is 1. The molecule has 0 radical (unpaired) electrons. The zero-order valence-electron chi connectivity index (χ0n) is 11.3. The highest BCUT2D eigenvalue weighted by atomic mass is 16.2. The van der Waals surface area contributed by atoms with Crippen molar-refractivity contribution >= 4 is 23.2 Å². The number of amides is 2. The van der Waals surface area contributed by atoms with Crippen LogP contribution >= 0.6 is 0 Å². The standard InChI is InChI=1S/C14H19N3O2/c1-9(15)3-6-13(18)16-11-4-5-12-10(7-11)8-14(19)17(12)2/h4-5,7,9H,3,6,8,15H2,1-2H3,(H,16,18). The van der Waals surface area contributed by atoms with Crippen molar-refractivity contribution in [3.05, 3.63) is 23.8 Å². The predicted molar refractivity (Wildman–Crippen MR) is 75.1 cm³/mol. The largest absolute Gasteiger partial charge is 0.328 e. The van der Waals surface area contributed by atoms with Crippen molar-refractivity contribution in [3.8, 4) is 0 Å². The number of carbonyl (C=O) groups is 2. The lowest BCUT2D eigenvalue weighted by molar-refractivity contribution is -0.117. The Labute approximate surface area is 112 Å². The van der Waals surface area contributed by atoms with Gasteiger partial charge in [-0.05, 0) is 37.1 Å². The van der Waals surface area contributed by atoms with Crippen LogP contribution in [0.4, 0.5) is 11.4 Å². The smallest absolute Gasteiger partial charge is 0.231 e. The molecule has 3 N–H and O–H groups in total. The summed E-state index contributed by atoms with van der Waals surface area (Å²) in [7, 11) is 1.76. The van der Waals surface area contributed by atoms with Gasteiger partial charge < -0.3 is 16.0 Å². The van der Waals surface area contributed by atoms with Gasteiger partial charge in [0.1, 0.15) is 0 Å². The number of fused-ring (bicyclic) bond motifs is 1. The Morgan fingerprint density at radius 3 is 2.95 bits per heavy atom. The third-order valence-corrected chi connectivity index (χ3v) is 3.27. The number of rotatable bonds is 4. The maximum atomic E-state index is 11.7. The maximum absolute atomic E-state index is 11.7. The monoisotopic (exact) mass is 261 g/mol. The van der Waals surface area contributed by atoms with E-state index in [0.717, 1.165) is 16.9 Å². The molecule has 2 amide bonds. The molecule has 2 rings (SSSR count). The third-order valence-electron chi connectivity index (χ3n) is 3.27. The average molecular weight is 261 g/mol. The first-order valence-electron chi connectivity index (χ1n) is 6.42. The van der Waals surface area contributed by atoms with Gasteiger partial charge in [-0.15, -0.1) is 0 Å². The van der Waals surface area contributed by atoms with Crippen LogP contribution in [0.25, 0.3) is 0 Å². The number of nitrogens with one attached hydrogen (secondary N) is 1. The van der Waals surface area contributed by atoms with E-state index in [2.05, 4.69) is 5.32 Å². The van der Waals surface area contributed by atoms with Crippen molar-refractivity contribution in [2.24, 2.45) is 5.73 Å². The molecular formula is C14H19N3O2. The molecule has 1 aromatic carbocycles. The minimum absolute atomic E-state index is 0.0250. The molecule has 1 aliphatic rings. The van der Waals surface area contributed by atoms with Gasteiger partial charge in [-0.2, -0.15) is 0 Å². The number of anilines is 2. The summed E-state index contributed by atoms with van der Waals surface area (Å²) < 4.78 is 0. The van der Waals surface area contributed by atoms with E-state index in [9.17, 15) is 9.59 Å². The lowest BCUT2D eigenvalue weighted by Gasteiger charge is -2.11. The van der Waals surface area contributed by atoms with E-state index in [0.29, 0.717) is 19.3 Å². The molecule has 0 spiro atoms. The highest BCUT2D eigenvalue weighted by molar-refractivity contribution is 6.02. The molecule has 19 heavy (non-hydrogen) atoms. The lowest BCUT2D eigenvalue weighted by atomic mass is 10.1. The molecule has 1 aromatic rings. The van der Waals surface area contributed by atoms with E-state index < -0.39 is 0 Å². The zero-order valence-corrected chi connectivity index (χ0v) is 11.3. The third kappa shape index (κ3) is 3.12. The first kappa shape index (κ1) is 13.5. The predicted octanol–water partition coefficient (Wildman–Crippen LogP) is 1.27. The quantitative estimate of drug-likeness (QED) is 0.857. The number of hydrogen-bond donors (Lipinski definition) is 2. The molecule has 0 saturated heterocycles. The van der Waals surface area contributed by atoms with Gasteiger partial charge in [0.25, 0.3) is 0 Å². The second-order valence-electron chi connectivity index (χ2n) is 5.04. The molecule has 0 fully saturated rings. The van der Waals surface area contributed by atoms with Crippen LogP contribution in [-0.2, 0) is 16.0 Å². The molecule has 5 heteroatoms. The van der Waals surface area contributed by atoms with Crippen LogP contribution in [-0.4, -0.2) is 24.9 Å². The van der Waals surface area contributed by atoms with Crippen LogP contribution in [0.1, 0.15) is 25.3 Å². The van der Waals surface area contributed by atoms with Gasteiger partial charge in [0.2, 0.25) is 11.8 Å². The van der Waals surface area contributed by atoms with Gasteiger partial charge >= 0.3 is 0 Å². The Balaban J connectivity index is 2.02. The fourth-order valence-electron chi connectivity index (χ4n) is 2.13. The topological polar surface area (TPSA) is 75.4 Å². The first-order valence-corrected chi connectivity index (χ1v) is 6.42. The van der Waals surface area contributed by atoms with Gasteiger partial charge in [0.05, 0.1) is 6.42 Å². The summed E-state index contributed by atoms with van der Waals surface area (Å²) in [5.74, 6) is 0.0327. The lowest BCUT2D eigenvalue weighted by Crippen LogP contribution is -2.20. The van der Waals surface area contributed by atoms with E-state index >= 15 is 0 Å². The normalized spacial score (nSPS) is 15.3. The molecule has 0 saturated carbocycles. The Morgan fingerprint density at radius 1 is 1.53 bits per heavy atom. The van der Waals surface area contributed by atoms with Gasteiger partial charge in [-0.1, -0.05) is 0 Å². The second kappa shape index (κ2) is 5.40. The van der Waals surface area contributed by atoms with Crippen LogP contribution < -0.4 is 16.0 Å². The first-order chi connectivity index (χ1) is 8.97. The Hall–Kier alpha value is -1.88. The highest BCUT2D eigenvalue weighted by Crippen LogP contribution is 2.29. The van der Waals surface area contributed by atoms with Crippen molar-refractivity contribution in [3.63, 3.8) is 0 Å². The van der Waals surface area contributed by atoms with Crippen LogP contribution in [0.2, 0.25) is 0 Å². The van der Waals surface area contributed by atoms with Crippen LogP contribution in [0.15, 0.2) is 18.2 Å². The number of carbonyl (C=O) groups excluding carboxylic acids is 2. The van der Waals surface area contributed by atoms with E-state index in [1.54, 1.807) is 11.9 Å². The molecule has 1 aliphatic heterocycles. The summed E-state index contributed by atoms with van der Waals surface area (Å²) >= 11 is 0. The summed E-state index contributed by atoms with van der Waals surface area (Å²) in [6.45, 7) is 1.88. The maximum Gasteiger partial charge on any atom is 0.231 e. The number of nitrogens with zero attached hydrogens (tertiary/aromatic N) is 1. The molecular weight excluding hydrogens is 242 g/mol. The molecule has 5 nitrogen and oxygen atoms in total. The van der Waals surface area contributed by atoms with Crippen molar-refractivity contribution in [2.75, 3.05) is 17.3 Å². The van der Waals surface area contributed by atoms with Crippen LogP contribution in [0, 0.1) is 0 Å². The van der Waals surface area contributed by atoms with E-state index in [1.165, 1.54) is 0 Å². The summed E-state index contributed by atoms with van der Waals surface area (Å²) in [5, 5.41) is 2.83. The Bertz CT molecular complexity index is 511. The van der Waals surface area contributed by atoms with Crippen molar-refractivity contribution < 1.29 is 9.59 Å². The zero-order chi connectivity index (χ0) is 14.0. The fraction of sp³-hybridized carbons (Fsp3) is 0.429. The second-order valence-corrected chi connectivity index (χ2v) is 5.04. The molecule has 0 aliphatic carbocycles. The van der Waals surface area contributed by atoms with Gasteiger partial charge in [-0.25, -0.2) is 0 Å². The molecule has 1 atom stereocenters. The van der Waals surface area contributed by atoms with Crippen LogP contribution in [0.5, 0.6) is 0 Å². The van der Waals surface area contributed by atoms with E-state index in [4.69, 9.17) is 5.73 Å². The summed E-state index contributed by atoms with van der Waals surface area (Å²) in [4.78, 5) is 24.9. The summed E-state index contributed by atoms with van der Waals surface area (Å²) in [5.41, 5.74) is 8.22. The summed E-state index contributed by atoms with van der Waals surface area (Å²) in [6.07, 6.45) is 1.47. The van der Waals surface area contributed by atoms with Crippen molar-refractivity contribution in [1.29, 1.82) is 0 Å². The van der Waals surface area contributed by atoms with Gasteiger partial charge in [0.15, 0.2) is 0 Å². The highest BCUT2D eigenvalue weighted by Gasteiger charge is 2.23. The van der Waals surface area contributed by atoms with E-state index in [1.807, 2.05) is 25.1 Å². The van der Waals surface area contributed by atoms with Crippen LogP contribution in [0.3, 0.4) is 0 Å². The van der Waals surface area contributed by atoms with Gasteiger partial charge in [-0.3, -0.25) is 9.59 Å². The molecule has 1 heterocycles. The van der Waals surface area contributed by atoms with Crippen molar-refractivity contribution in [2.45, 2.75) is 32.2 Å². The number of hydrogen-bond acceptors (Lipinski definition) is 3. The molecule has 0 bridgehead atoms. The SMILES string of the molecule is CC(N)CCC(=O)Nc1ccc2c(c1)CC(=O)N2C. The Morgan fingerprint density at radius 2 is 2.26 bits per heavy atom. The minimum atomic E-state index is -0.0464. The van der Waals surface area contributed by atoms with Crippen molar-refractivity contribution in [1.82, 2.24) is 0 Å². The fourth-order valence-corrected chi connectivity index (χ4v) is 2.13. The summed E-state index contributed by atoms with van der Waals surface area (Å²) in [6, 6.07) is 5.57. The molecule has 1 unspecified atom stereocenters.